The van der Waals surface area contributed by atoms with E-state index in [1.54, 1.807) is 0 Å². The van der Waals surface area contributed by atoms with Gasteiger partial charge in [0.1, 0.15) is 5.82 Å². The third kappa shape index (κ3) is 3.02. The first-order chi connectivity index (χ1) is 8.86. The van der Waals surface area contributed by atoms with E-state index in [0.717, 1.165) is 25.0 Å². The Morgan fingerprint density at radius 2 is 2.17 bits per heavy atom. The molecule has 0 atom stereocenters. The minimum absolute atomic E-state index is 0.761. The Kier molecular flexibility index (Phi) is 3.50. The maximum atomic E-state index is 4.61. The number of aromatic nitrogens is 1. The van der Waals surface area contributed by atoms with Crippen LogP contribution in [0, 0.1) is 5.92 Å². The molecule has 2 saturated carbocycles. The van der Waals surface area contributed by atoms with Crippen LogP contribution in [0.15, 0.2) is 18.3 Å². The predicted octanol–water partition coefficient (Wildman–Crippen LogP) is 2.57. The molecule has 1 aromatic heterocycles. The molecule has 0 saturated heterocycles. The van der Waals surface area contributed by atoms with Gasteiger partial charge in [-0.05, 0) is 44.6 Å². The number of nitrogens with one attached hydrogen (secondary N) is 1. The van der Waals surface area contributed by atoms with Crippen molar-refractivity contribution in [2.75, 3.05) is 18.0 Å². The number of rotatable bonds is 7. The van der Waals surface area contributed by atoms with Crippen LogP contribution in [0.25, 0.3) is 0 Å². The summed E-state index contributed by atoms with van der Waals surface area (Å²) < 4.78 is 0. The maximum Gasteiger partial charge on any atom is 0.133 e. The SMILES string of the molecule is CCN(CC1CC1)c1ncccc1CNC1CC1. The van der Waals surface area contributed by atoms with Crippen molar-refractivity contribution in [3.63, 3.8) is 0 Å². The molecule has 0 radical (unpaired) electrons. The topological polar surface area (TPSA) is 28.2 Å². The third-order valence-electron chi connectivity index (χ3n) is 3.88. The molecule has 98 valence electrons. The number of hydrogen-bond acceptors (Lipinski definition) is 3. The lowest BCUT2D eigenvalue weighted by molar-refractivity contribution is 0.673. The van der Waals surface area contributed by atoms with Crippen LogP contribution in [-0.4, -0.2) is 24.1 Å². The Hall–Kier alpha value is -1.09. The van der Waals surface area contributed by atoms with Crippen LogP contribution < -0.4 is 10.2 Å². The van der Waals surface area contributed by atoms with Crippen LogP contribution in [0.1, 0.15) is 38.2 Å². The average Bonchev–Trinajstić information content (AvgIpc) is 3.28. The Bertz CT molecular complexity index is 396. The first-order valence-corrected chi connectivity index (χ1v) is 7.29. The first kappa shape index (κ1) is 12.0. The second-order valence-electron chi connectivity index (χ2n) is 5.62. The van der Waals surface area contributed by atoms with E-state index in [1.807, 2.05) is 6.20 Å². The molecule has 0 amide bonds. The van der Waals surface area contributed by atoms with E-state index in [2.05, 4.69) is 34.3 Å². The quantitative estimate of drug-likeness (QED) is 0.800. The lowest BCUT2D eigenvalue weighted by Crippen LogP contribution is -2.28. The lowest BCUT2D eigenvalue weighted by Gasteiger charge is -2.24. The molecule has 0 unspecified atom stereocenters. The van der Waals surface area contributed by atoms with Crippen LogP contribution >= 0.6 is 0 Å². The fourth-order valence-electron chi connectivity index (χ4n) is 2.37. The minimum Gasteiger partial charge on any atom is -0.356 e. The second-order valence-corrected chi connectivity index (χ2v) is 5.62. The van der Waals surface area contributed by atoms with E-state index < -0.39 is 0 Å². The number of hydrogen-bond donors (Lipinski definition) is 1. The van der Waals surface area contributed by atoms with Gasteiger partial charge in [-0.2, -0.15) is 0 Å². The van der Waals surface area contributed by atoms with Gasteiger partial charge in [-0.3, -0.25) is 0 Å². The van der Waals surface area contributed by atoms with Crippen LogP contribution in [0.3, 0.4) is 0 Å². The molecule has 2 aliphatic rings. The Morgan fingerprint density at radius 3 is 2.83 bits per heavy atom. The summed E-state index contributed by atoms with van der Waals surface area (Å²) in [5, 5.41) is 3.59. The zero-order valence-electron chi connectivity index (χ0n) is 11.2. The summed E-state index contributed by atoms with van der Waals surface area (Å²) in [5.41, 5.74) is 1.35. The molecular weight excluding hydrogens is 222 g/mol. The maximum absolute atomic E-state index is 4.61. The van der Waals surface area contributed by atoms with E-state index in [9.17, 15) is 0 Å². The molecule has 2 fully saturated rings. The smallest absolute Gasteiger partial charge is 0.133 e. The van der Waals surface area contributed by atoms with Gasteiger partial charge in [-0.1, -0.05) is 6.07 Å². The molecule has 0 aromatic carbocycles. The van der Waals surface area contributed by atoms with Crippen molar-refractivity contribution in [3.05, 3.63) is 23.9 Å². The van der Waals surface area contributed by atoms with Gasteiger partial charge >= 0.3 is 0 Å². The van der Waals surface area contributed by atoms with Crippen molar-refractivity contribution in [1.82, 2.24) is 10.3 Å². The summed E-state index contributed by atoms with van der Waals surface area (Å²) >= 11 is 0. The van der Waals surface area contributed by atoms with Gasteiger partial charge in [0.15, 0.2) is 0 Å². The zero-order valence-corrected chi connectivity index (χ0v) is 11.2. The monoisotopic (exact) mass is 245 g/mol. The van der Waals surface area contributed by atoms with E-state index in [4.69, 9.17) is 0 Å². The van der Waals surface area contributed by atoms with Gasteiger partial charge in [0.05, 0.1) is 0 Å². The molecule has 0 aliphatic heterocycles. The molecule has 18 heavy (non-hydrogen) atoms. The summed E-state index contributed by atoms with van der Waals surface area (Å²) in [6.07, 6.45) is 7.41. The lowest BCUT2D eigenvalue weighted by atomic mass is 10.2. The predicted molar refractivity (Wildman–Crippen MR) is 74.7 cm³/mol. The number of anilines is 1. The van der Waals surface area contributed by atoms with Crippen molar-refractivity contribution < 1.29 is 0 Å². The van der Waals surface area contributed by atoms with Gasteiger partial charge < -0.3 is 10.2 Å². The fraction of sp³-hybridized carbons (Fsp3) is 0.667. The molecule has 1 N–H and O–H groups in total. The molecule has 0 bridgehead atoms. The molecule has 0 spiro atoms. The summed E-state index contributed by atoms with van der Waals surface area (Å²) in [5.74, 6) is 2.11. The number of nitrogens with zero attached hydrogens (tertiary/aromatic N) is 2. The van der Waals surface area contributed by atoms with Gasteiger partial charge in [-0.15, -0.1) is 0 Å². The van der Waals surface area contributed by atoms with Crippen molar-refractivity contribution >= 4 is 5.82 Å². The highest BCUT2D eigenvalue weighted by Crippen LogP contribution is 2.31. The van der Waals surface area contributed by atoms with Crippen molar-refractivity contribution in [1.29, 1.82) is 0 Å². The highest BCUT2D eigenvalue weighted by molar-refractivity contribution is 5.46. The van der Waals surface area contributed by atoms with E-state index in [-0.39, 0.29) is 0 Å². The van der Waals surface area contributed by atoms with Crippen LogP contribution in [0.5, 0.6) is 0 Å². The third-order valence-corrected chi connectivity index (χ3v) is 3.88. The van der Waals surface area contributed by atoms with E-state index in [1.165, 1.54) is 43.6 Å². The summed E-state index contributed by atoms with van der Waals surface area (Å²) in [4.78, 5) is 7.06. The standard InChI is InChI=1S/C15H23N3/c1-2-18(11-12-5-6-12)15-13(4-3-9-16-15)10-17-14-7-8-14/h3-4,9,12,14,17H,2,5-8,10-11H2,1H3. The van der Waals surface area contributed by atoms with Gasteiger partial charge in [0.2, 0.25) is 0 Å². The molecule has 3 heteroatoms. The minimum atomic E-state index is 0.761. The highest BCUT2D eigenvalue weighted by atomic mass is 15.2. The van der Waals surface area contributed by atoms with Crippen molar-refractivity contribution in [3.8, 4) is 0 Å². The summed E-state index contributed by atoms with van der Waals surface area (Å²) in [7, 11) is 0. The van der Waals surface area contributed by atoms with E-state index >= 15 is 0 Å². The Labute approximate surface area is 110 Å². The molecule has 1 aromatic rings. The molecule has 3 rings (SSSR count). The highest BCUT2D eigenvalue weighted by Gasteiger charge is 2.26. The van der Waals surface area contributed by atoms with Crippen LogP contribution in [0.2, 0.25) is 0 Å². The van der Waals surface area contributed by atoms with Crippen LogP contribution in [-0.2, 0) is 6.54 Å². The van der Waals surface area contributed by atoms with Gasteiger partial charge in [-0.25, -0.2) is 4.98 Å². The normalized spacial score (nSPS) is 18.9. The summed E-state index contributed by atoms with van der Waals surface area (Å²) in [6, 6.07) is 5.03. The largest absolute Gasteiger partial charge is 0.356 e. The van der Waals surface area contributed by atoms with E-state index in [0.29, 0.717) is 0 Å². The average molecular weight is 245 g/mol. The molecule has 1 heterocycles. The van der Waals surface area contributed by atoms with Crippen molar-refractivity contribution in [2.45, 2.75) is 45.2 Å². The Balaban J connectivity index is 1.70. The second kappa shape index (κ2) is 5.27. The fourth-order valence-corrected chi connectivity index (χ4v) is 2.37. The molecule has 2 aliphatic carbocycles. The first-order valence-electron chi connectivity index (χ1n) is 7.29. The molecule has 3 nitrogen and oxygen atoms in total. The Morgan fingerprint density at radius 1 is 1.33 bits per heavy atom. The molecular formula is C15H23N3. The van der Waals surface area contributed by atoms with Gasteiger partial charge in [0, 0.05) is 37.4 Å². The zero-order chi connectivity index (χ0) is 12.4. The van der Waals surface area contributed by atoms with Gasteiger partial charge in [0.25, 0.3) is 0 Å². The van der Waals surface area contributed by atoms with Crippen molar-refractivity contribution in [2.24, 2.45) is 5.92 Å². The number of pyridine rings is 1. The summed E-state index contributed by atoms with van der Waals surface area (Å²) in [6.45, 7) is 5.44. The van der Waals surface area contributed by atoms with Crippen LogP contribution in [0.4, 0.5) is 5.82 Å².